The average molecular weight is 307 g/mol. The lowest BCUT2D eigenvalue weighted by atomic mass is 10.1. The lowest BCUT2D eigenvalue weighted by Crippen LogP contribution is -2.28. The monoisotopic (exact) mass is 307 g/mol. The molecule has 118 valence electrons. The first-order valence-electron chi connectivity index (χ1n) is 6.70. The zero-order valence-electron chi connectivity index (χ0n) is 12.1. The molecule has 0 aliphatic carbocycles. The number of ether oxygens (including phenoxy) is 2. The summed E-state index contributed by atoms with van der Waals surface area (Å²) in [5.41, 5.74) is 1.30. The number of rotatable bonds is 8. The van der Waals surface area contributed by atoms with Crippen molar-refractivity contribution in [3.8, 4) is 0 Å². The van der Waals surface area contributed by atoms with Crippen LogP contribution in [0.1, 0.15) is 16.1 Å². The quantitative estimate of drug-likeness (QED) is 0.716. The molecule has 1 heterocycles. The molecule has 0 unspecified atom stereocenters. The number of amides is 1. The maximum Gasteiger partial charge on any atom is 0.329 e. The first-order chi connectivity index (χ1) is 10.6. The molecule has 22 heavy (non-hydrogen) atoms. The summed E-state index contributed by atoms with van der Waals surface area (Å²) in [5.74, 6) is -1.24. The number of nitrogens with one attached hydrogen (secondary N) is 1. The minimum absolute atomic E-state index is 0.109. The summed E-state index contributed by atoms with van der Waals surface area (Å²) in [7, 11) is 1.54. The van der Waals surface area contributed by atoms with Crippen LogP contribution in [0.15, 0.2) is 28.7 Å². The topological polar surface area (TPSA) is 98.0 Å². The van der Waals surface area contributed by atoms with E-state index >= 15 is 0 Å². The summed E-state index contributed by atoms with van der Waals surface area (Å²) in [4.78, 5) is 22.5. The predicted molar refractivity (Wildman–Crippen MR) is 77.7 cm³/mol. The van der Waals surface area contributed by atoms with Crippen molar-refractivity contribution in [3.63, 3.8) is 0 Å². The van der Waals surface area contributed by atoms with E-state index in [4.69, 9.17) is 19.0 Å². The van der Waals surface area contributed by atoms with E-state index < -0.39 is 12.6 Å². The number of para-hydroxylation sites is 1. The van der Waals surface area contributed by atoms with Crippen LogP contribution in [0.4, 0.5) is 0 Å². The molecule has 0 saturated heterocycles. The Balaban J connectivity index is 2.04. The van der Waals surface area contributed by atoms with Gasteiger partial charge in [0.2, 0.25) is 0 Å². The molecule has 2 aromatic rings. The van der Waals surface area contributed by atoms with Gasteiger partial charge in [-0.2, -0.15) is 0 Å². The van der Waals surface area contributed by atoms with Crippen molar-refractivity contribution in [2.24, 2.45) is 0 Å². The van der Waals surface area contributed by atoms with Crippen molar-refractivity contribution in [1.82, 2.24) is 5.32 Å². The zero-order valence-corrected chi connectivity index (χ0v) is 12.1. The summed E-state index contributed by atoms with van der Waals surface area (Å²) in [6, 6.07) is 7.32. The Kier molecular flexibility index (Phi) is 5.51. The first-order valence-corrected chi connectivity index (χ1v) is 6.70. The van der Waals surface area contributed by atoms with Gasteiger partial charge in [-0.1, -0.05) is 18.2 Å². The Labute approximate surface area is 126 Å². The Morgan fingerprint density at radius 1 is 1.32 bits per heavy atom. The van der Waals surface area contributed by atoms with Crippen LogP contribution in [0, 0.1) is 0 Å². The number of hydrogen-bond donors (Lipinski definition) is 2. The van der Waals surface area contributed by atoms with Crippen LogP contribution in [0.5, 0.6) is 0 Å². The number of benzene rings is 1. The second kappa shape index (κ2) is 7.58. The molecular formula is C15H17NO6. The smallest absolute Gasteiger partial charge is 0.329 e. The fourth-order valence-corrected chi connectivity index (χ4v) is 2.05. The molecule has 2 N–H and O–H groups in total. The van der Waals surface area contributed by atoms with Gasteiger partial charge in [0.05, 0.1) is 13.2 Å². The van der Waals surface area contributed by atoms with Crippen LogP contribution in [-0.2, 0) is 20.9 Å². The third kappa shape index (κ3) is 3.84. The van der Waals surface area contributed by atoms with Gasteiger partial charge in [0.15, 0.2) is 5.76 Å². The van der Waals surface area contributed by atoms with E-state index in [9.17, 15) is 9.59 Å². The number of carbonyl (C=O) groups is 2. The molecule has 7 nitrogen and oxygen atoms in total. The predicted octanol–water partition coefficient (Wildman–Crippen LogP) is 1.41. The van der Waals surface area contributed by atoms with Crippen molar-refractivity contribution in [3.05, 3.63) is 35.6 Å². The van der Waals surface area contributed by atoms with Gasteiger partial charge in [0, 0.05) is 24.6 Å². The molecule has 0 bridgehead atoms. The molecule has 0 saturated carbocycles. The van der Waals surface area contributed by atoms with Gasteiger partial charge in [0.25, 0.3) is 5.91 Å². The van der Waals surface area contributed by atoms with Gasteiger partial charge in [-0.05, 0) is 6.07 Å². The van der Waals surface area contributed by atoms with E-state index in [1.807, 2.05) is 18.2 Å². The summed E-state index contributed by atoms with van der Waals surface area (Å²) in [6.07, 6.45) is 0. The minimum atomic E-state index is -1.05. The molecule has 0 fully saturated rings. The normalized spacial score (nSPS) is 10.8. The SMILES string of the molecule is COCc1c(C(=O)NCCOCC(=O)O)oc2ccccc12. The van der Waals surface area contributed by atoms with E-state index in [-0.39, 0.29) is 31.4 Å². The standard InChI is InChI=1S/C15H17NO6/c1-20-8-11-10-4-2-3-5-12(10)22-14(11)15(19)16-6-7-21-9-13(17)18/h2-5H,6-9H2,1H3,(H,16,19)(H,17,18). The molecule has 1 aromatic carbocycles. The molecule has 0 atom stereocenters. The van der Waals surface area contributed by atoms with Gasteiger partial charge in [-0.25, -0.2) is 4.79 Å². The number of carbonyl (C=O) groups excluding carboxylic acids is 1. The fraction of sp³-hybridized carbons (Fsp3) is 0.333. The van der Waals surface area contributed by atoms with Crippen LogP contribution in [-0.4, -0.2) is 43.9 Å². The highest BCUT2D eigenvalue weighted by Crippen LogP contribution is 2.26. The van der Waals surface area contributed by atoms with Crippen LogP contribution in [0.3, 0.4) is 0 Å². The average Bonchev–Trinajstić information content (AvgIpc) is 2.86. The zero-order chi connectivity index (χ0) is 15.9. The number of carboxylic acids is 1. The molecule has 0 radical (unpaired) electrons. The number of fused-ring (bicyclic) bond motifs is 1. The van der Waals surface area contributed by atoms with Gasteiger partial charge in [-0.3, -0.25) is 4.79 Å². The van der Waals surface area contributed by atoms with E-state index in [0.29, 0.717) is 11.1 Å². The molecule has 1 aromatic heterocycles. The second-order valence-corrected chi connectivity index (χ2v) is 4.54. The van der Waals surface area contributed by atoms with E-state index in [2.05, 4.69) is 5.32 Å². The number of furan rings is 1. The second-order valence-electron chi connectivity index (χ2n) is 4.54. The van der Waals surface area contributed by atoms with E-state index in [1.54, 1.807) is 13.2 Å². The molecular weight excluding hydrogens is 290 g/mol. The van der Waals surface area contributed by atoms with E-state index in [0.717, 1.165) is 5.39 Å². The third-order valence-corrected chi connectivity index (χ3v) is 2.95. The Morgan fingerprint density at radius 2 is 2.09 bits per heavy atom. The Morgan fingerprint density at radius 3 is 2.82 bits per heavy atom. The largest absolute Gasteiger partial charge is 0.480 e. The molecule has 0 aliphatic rings. The first kappa shape index (κ1) is 16.0. The number of aliphatic carboxylic acids is 1. The van der Waals surface area contributed by atoms with Gasteiger partial charge < -0.3 is 24.3 Å². The number of methoxy groups -OCH3 is 1. The molecule has 7 heteroatoms. The third-order valence-electron chi connectivity index (χ3n) is 2.95. The summed E-state index contributed by atoms with van der Waals surface area (Å²) in [6.45, 7) is 0.165. The van der Waals surface area contributed by atoms with Crippen LogP contribution >= 0.6 is 0 Å². The number of hydrogen-bond acceptors (Lipinski definition) is 5. The Bertz CT molecular complexity index is 663. The van der Waals surface area contributed by atoms with E-state index in [1.165, 1.54) is 0 Å². The highest BCUT2D eigenvalue weighted by atomic mass is 16.5. The molecule has 0 aliphatic heterocycles. The van der Waals surface area contributed by atoms with Gasteiger partial charge >= 0.3 is 5.97 Å². The van der Waals surface area contributed by atoms with Gasteiger partial charge in [0.1, 0.15) is 12.2 Å². The summed E-state index contributed by atoms with van der Waals surface area (Å²) >= 11 is 0. The minimum Gasteiger partial charge on any atom is -0.480 e. The summed E-state index contributed by atoms with van der Waals surface area (Å²) in [5, 5.41) is 11.9. The highest BCUT2D eigenvalue weighted by Gasteiger charge is 2.19. The summed E-state index contributed by atoms with van der Waals surface area (Å²) < 4.78 is 15.6. The van der Waals surface area contributed by atoms with Crippen molar-refractivity contribution < 1.29 is 28.6 Å². The van der Waals surface area contributed by atoms with Crippen molar-refractivity contribution in [2.45, 2.75) is 6.61 Å². The van der Waals surface area contributed by atoms with Gasteiger partial charge in [-0.15, -0.1) is 0 Å². The maximum atomic E-state index is 12.2. The fourth-order valence-electron chi connectivity index (χ4n) is 2.05. The van der Waals surface area contributed by atoms with Crippen LogP contribution < -0.4 is 5.32 Å². The lowest BCUT2D eigenvalue weighted by Gasteiger charge is -2.05. The van der Waals surface area contributed by atoms with Crippen LogP contribution in [0.2, 0.25) is 0 Å². The Hall–Kier alpha value is -2.38. The van der Waals surface area contributed by atoms with Crippen LogP contribution in [0.25, 0.3) is 11.0 Å². The maximum absolute atomic E-state index is 12.2. The number of carboxylic acid groups (broad SMARTS) is 1. The highest BCUT2D eigenvalue weighted by molar-refractivity contribution is 5.99. The van der Waals surface area contributed by atoms with Crippen molar-refractivity contribution >= 4 is 22.8 Å². The van der Waals surface area contributed by atoms with Crippen molar-refractivity contribution in [1.29, 1.82) is 0 Å². The van der Waals surface area contributed by atoms with Crippen molar-refractivity contribution in [2.75, 3.05) is 26.9 Å². The molecule has 2 rings (SSSR count). The lowest BCUT2D eigenvalue weighted by molar-refractivity contribution is -0.142. The molecule has 0 spiro atoms. The molecule has 1 amide bonds.